The molecule has 0 atom stereocenters. The molecule has 2 aromatic rings. The van der Waals surface area contributed by atoms with Crippen LogP contribution in [0.3, 0.4) is 0 Å². The van der Waals surface area contributed by atoms with E-state index < -0.39 is 12.6 Å². The Labute approximate surface area is 163 Å². The molecule has 0 saturated heterocycles. The molecule has 0 bridgehead atoms. The highest BCUT2D eigenvalue weighted by atomic mass is 16.5. The van der Waals surface area contributed by atoms with E-state index in [1.165, 1.54) is 0 Å². The first-order valence-corrected chi connectivity index (χ1v) is 8.91. The lowest BCUT2D eigenvalue weighted by atomic mass is 10.1. The standard InChI is InChI=1S/C21H24N2O5/c1-13(2)9-19(24)23-18-8-7-15(10-14(18)3)21(27)22-16-5-4-6-17(11-16)28-12-20(25)26/h4-8,10-11,13H,9,12H2,1-3H3,(H,22,27)(H,23,24)(H,25,26). The molecule has 0 radical (unpaired) electrons. The van der Waals surface area contributed by atoms with Crippen molar-refractivity contribution in [3.8, 4) is 5.75 Å². The van der Waals surface area contributed by atoms with Crippen LogP contribution in [-0.2, 0) is 9.59 Å². The van der Waals surface area contributed by atoms with Crippen LogP contribution in [-0.4, -0.2) is 29.5 Å². The molecule has 0 aromatic heterocycles. The molecular formula is C21H24N2O5. The zero-order valence-electron chi connectivity index (χ0n) is 16.1. The van der Waals surface area contributed by atoms with Crippen molar-refractivity contribution in [3.05, 3.63) is 53.6 Å². The molecule has 28 heavy (non-hydrogen) atoms. The molecule has 148 valence electrons. The maximum atomic E-state index is 12.5. The van der Waals surface area contributed by atoms with Gasteiger partial charge in [-0.1, -0.05) is 19.9 Å². The second-order valence-electron chi connectivity index (χ2n) is 6.84. The number of anilines is 2. The molecule has 0 saturated carbocycles. The first kappa shape index (κ1) is 21.0. The lowest BCUT2D eigenvalue weighted by molar-refractivity contribution is -0.139. The van der Waals surface area contributed by atoms with Crippen LogP contribution in [0.2, 0.25) is 0 Å². The van der Waals surface area contributed by atoms with Crippen LogP contribution in [0, 0.1) is 12.8 Å². The van der Waals surface area contributed by atoms with Gasteiger partial charge in [0.15, 0.2) is 6.61 Å². The van der Waals surface area contributed by atoms with E-state index in [0.29, 0.717) is 29.1 Å². The lowest BCUT2D eigenvalue weighted by Crippen LogP contribution is -2.16. The molecule has 0 aliphatic heterocycles. The lowest BCUT2D eigenvalue weighted by Gasteiger charge is -2.12. The maximum absolute atomic E-state index is 12.5. The van der Waals surface area contributed by atoms with Gasteiger partial charge in [0.1, 0.15) is 5.75 Å². The molecule has 2 aromatic carbocycles. The molecule has 0 aliphatic rings. The Morgan fingerprint density at radius 2 is 1.82 bits per heavy atom. The van der Waals surface area contributed by atoms with Crippen LogP contribution in [0.1, 0.15) is 36.2 Å². The summed E-state index contributed by atoms with van der Waals surface area (Å²) in [5, 5.41) is 14.3. The number of hydrogen-bond donors (Lipinski definition) is 3. The van der Waals surface area contributed by atoms with Gasteiger partial charge in [-0.25, -0.2) is 4.79 Å². The number of carbonyl (C=O) groups excluding carboxylic acids is 2. The van der Waals surface area contributed by atoms with Crippen LogP contribution in [0.4, 0.5) is 11.4 Å². The molecule has 0 unspecified atom stereocenters. The highest BCUT2D eigenvalue weighted by Gasteiger charge is 2.11. The van der Waals surface area contributed by atoms with Crippen LogP contribution in [0.25, 0.3) is 0 Å². The van der Waals surface area contributed by atoms with Gasteiger partial charge in [0.2, 0.25) is 5.91 Å². The average molecular weight is 384 g/mol. The molecular weight excluding hydrogens is 360 g/mol. The van der Waals surface area contributed by atoms with Crippen molar-refractivity contribution < 1.29 is 24.2 Å². The van der Waals surface area contributed by atoms with Crippen LogP contribution in [0.5, 0.6) is 5.75 Å². The topological polar surface area (TPSA) is 105 Å². The van der Waals surface area contributed by atoms with Gasteiger partial charge in [0, 0.05) is 29.4 Å². The summed E-state index contributed by atoms with van der Waals surface area (Å²) in [7, 11) is 0. The number of rotatable bonds is 8. The van der Waals surface area contributed by atoms with Crippen molar-refractivity contribution in [3.63, 3.8) is 0 Å². The smallest absolute Gasteiger partial charge is 0.341 e. The molecule has 7 heteroatoms. The number of benzene rings is 2. The number of carbonyl (C=O) groups is 3. The fourth-order valence-corrected chi connectivity index (χ4v) is 2.53. The summed E-state index contributed by atoms with van der Waals surface area (Å²) in [6.07, 6.45) is 0.433. The fraction of sp³-hybridized carbons (Fsp3) is 0.286. The minimum absolute atomic E-state index is 0.0616. The number of hydrogen-bond acceptors (Lipinski definition) is 4. The molecule has 2 rings (SSSR count). The van der Waals surface area contributed by atoms with Gasteiger partial charge < -0.3 is 20.5 Å². The van der Waals surface area contributed by atoms with E-state index in [2.05, 4.69) is 10.6 Å². The Balaban J connectivity index is 2.04. The highest BCUT2D eigenvalue weighted by molar-refractivity contribution is 6.05. The van der Waals surface area contributed by atoms with Crippen molar-refractivity contribution in [1.29, 1.82) is 0 Å². The normalized spacial score (nSPS) is 10.4. The predicted molar refractivity (Wildman–Crippen MR) is 107 cm³/mol. The van der Waals surface area contributed by atoms with E-state index in [1.807, 2.05) is 20.8 Å². The quantitative estimate of drug-likeness (QED) is 0.644. The summed E-state index contributed by atoms with van der Waals surface area (Å²) >= 11 is 0. The number of aryl methyl sites for hydroxylation is 1. The number of nitrogens with one attached hydrogen (secondary N) is 2. The Morgan fingerprint density at radius 3 is 2.46 bits per heavy atom. The molecule has 0 spiro atoms. The third-order valence-electron chi connectivity index (χ3n) is 3.81. The SMILES string of the molecule is Cc1cc(C(=O)Nc2cccc(OCC(=O)O)c2)ccc1NC(=O)CC(C)C. The van der Waals surface area contributed by atoms with Gasteiger partial charge in [0.25, 0.3) is 5.91 Å². The molecule has 3 N–H and O–H groups in total. The predicted octanol–water partition coefficient (Wildman–Crippen LogP) is 3.70. The monoisotopic (exact) mass is 384 g/mol. The van der Waals surface area contributed by atoms with Gasteiger partial charge in [-0.2, -0.15) is 0 Å². The average Bonchev–Trinajstić information content (AvgIpc) is 2.61. The Hall–Kier alpha value is -3.35. The highest BCUT2D eigenvalue weighted by Crippen LogP contribution is 2.21. The third kappa shape index (κ3) is 6.42. The van der Waals surface area contributed by atoms with E-state index in [1.54, 1.807) is 42.5 Å². The Morgan fingerprint density at radius 1 is 1.07 bits per heavy atom. The zero-order valence-corrected chi connectivity index (χ0v) is 16.1. The zero-order chi connectivity index (χ0) is 20.7. The Bertz CT molecular complexity index is 877. The van der Waals surface area contributed by atoms with E-state index in [9.17, 15) is 14.4 Å². The first-order valence-electron chi connectivity index (χ1n) is 8.91. The van der Waals surface area contributed by atoms with Crippen molar-refractivity contribution in [2.75, 3.05) is 17.2 Å². The van der Waals surface area contributed by atoms with Crippen LogP contribution < -0.4 is 15.4 Å². The van der Waals surface area contributed by atoms with Gasteiger partial charge in [-0.15, -0.1) is 0 Å². The number of carboxylic acids is 1. The van der Waals surface area contributed by atoms with Crippen molar-refractivity contribution in [2.24, 2.45) is 5.92 Å². The Kier molecular flexibility index (Phi) is 7.14. The minimum atomic E-state index is -1.08. The van der Waals surface area contributed by atoms with Gasteiger partial charge in [0.05, 0.1) is 0 Å². The second kappa shape index (κ2) is 9.55. The third-order valence-corrected chi connectivity index (χ3v) is 3.81. The fourth-order valence-electron chi connectivity index (χ4n) is 2.53. The van der Waals surface area contributed by atoms with Gasteiger partial charge in [-0.3, -0.25) is 9.59 Å². The number of amides is 2. The summed E-state index contributed by atoms with van der Waals surface area (Å²) < 4.78 is 5.10. The molecule has 0 aliphatic carbocycles. The van der Waals surface area contributed by atoms with Crippen LogP contribution >= 0.6 is 0 Å². The minimum Gasteiger partial charge on any atom is -0.482 e. The summed E-state index contributed by atoms with van der Waals surface area (Å²) in [5.41, 5.74) is 2.38. The largest absolute Gasteiger partial charge is 0.482 e. The number of carboxylic acid groups (broad SMARTS) is 1. The van der Waals surface area contributed by atoms with Crippen molar-refractivity contribution in [2.45, 2.75) is 27.2 Å². The van der Waals surface area contributed by atoms with E-state index in [0.717, 1.165) is 5.56 Å². The maximum Gasteiger partial charge on any atom is 0.341 e. The van der Waals surface area contributed by atoms with Crippen LogP contribution in [0.15, 0.2) is 42.5 Å². The molecule has 0 heterocycles. The van der Waals surface area contributed by atoms with E-state index in [-0.39, 0.29) is 17.7 Å². The van der Waals surface area contributed by atoms with Gasteiger partial charge in [-0.05, 0) is 48.7 Å². The molecule has 7 nitrogen and oxygen atoms in total. The van der Waals surface area contributed by atoms with Gasteiger partial charge >= 0.3 is 5.97 Å². The number of ether oxygens (including phenoxy) is 1. The second-order valence-corrected chi connectivity index (χ2v) is 6.84. The summed E-state index contributed by atoms with van der Waals surface area (Å²) in [5.74, 6) is -0.849. The molecule has 2 amide bonds. The van der Waals surface area contributed by atoms with Crippen molar-refractivity contribution >= 4 is 29.2 Å². The van der Waals surface area contributed by atoms with E-state index in [4.69, 9.17) is 9.84 Å². The number of aliphatic carboxylic acids is 1. The first-order chi connectivity index (χ1) is 13.2. The summed E-state index contributed by atoms with van der Waals surface area (Å²) in [6.45, 7) is 5.31. The summed E-state index contributed by atoms with van der Waals surface area (Å²) in [4.78, 5) is 35.0. The van der Waals surface area contributed by atoms with E-state index >= 15 is 0 Å². The summed E-state index contributed by atoms with van der Waals surface area (Å²) in [6, 6.07) is 11.5. The van der Waals surface area contributed by atoms with Crippen molar-refractivity contribution in [1.82, 2.24) is 0 Å². The molecule has 0 fully saturated rings.